The van der Waals surface area contributed by atoms with Gasteiger partial charge in [-0.05, 0) is 36.6 Å². The van der Waals surface area contributed by atoms with E-state index in [9.17, 15) is 0 Å². The lowest BCUT2D eigenvalue weighted by molar-refractivity contribution is 0.0698. The van der Waals surface area contributed by atoms with Crippen LogP contribution in [0.2, 0.25) is 0 Å². The van der Waals surface area contributed by atoms with Gasteiger partial charge in [0.1, 0.15) is 12.4 Å². The van der Waals surface area contributed by atoms with Crippen LogP contribution in [0, 0.1) is 0 Å². The van der Waals surface area contributed by atoms with Crippen molar-refractivity contribution in [3.05, 3.63) is 65.7 Å². The number of hydrogen-bond acceptors (Lipinski definition) is 4. The summed E-state index contributed by atoms with van der Waals surface area (Å²) in [6.07, 6.45) is 0.912. The molecule has 0 fully saturated rings. The van der Waals surface area contributed by atoms with Gasteiger partial charge in [0, 0.05) is 26.8 Å². The second kappa shape index (κ2) is 16.9. The van der Waals surface area contributed by atoms with Crippen molar-refractivity contribution in [2.75, 3.05) is 40.0 Å². The zero-order valence-electron chi connectivity index (χ0n) is 17.9. The standard InChI is InChI=1S/C23H33N3O3.HI/c1-3-24-23(25-14-9-15-28-17-16-27-2)26-18-20-10-7-8-11-21(20)19-29-22-12-5-4-6-13-22;/h4-8,10-13H,3,9,14-19H2,1-2H3,(H2,24,25,26);1H. The second-order valence-corrected chi connectivity index (χ2v) is 6.45. The van der Waals surface area contributed by atoms with Gasteiger partial charge in [-0.15, -0.1) is 24.0 Å². The highest BCUT2D eigenvalue weighted by Crippen LogP contribution is 2.15. The zero-order valence-corrected chi connectivity index (χ0v) is 20.3. The van der Waals surface area contributed by atoms with Gasteiger partial charge in [0.2, 0.25) is 0 Å². The number of hydrogen-bond donors (Lipinski definition) is 2. The van der Waals surface area contributed by atoms with Crippen molar-refractivity contribution in [1.82, 2.24) is 10.6 Å². The summed E-state index contributed by atoms with van der Waals surface area (Å²) in [5, 5.41) is 6.64. The molecular formula is C23H34IN3O3. The Labute approximate surface area is 197 Å². The number of aliphatic imine (C=N–C) groups is 1. The van der Waals surface area contributed by atoms with Crippen LogP contribution < -0.4 is 15.4 Å². The van der Waals surface area contributed by atoms with E-state index >= 15 is 0 Å². The third kappa shape index (κ3) is 10.8. The summed E-state index contributed by atoms with van der Waals surface area (Å²) in [4.78, 5) is 4.72. The first-order chi connectivity index (χ1) is 14.3. The first kappa shape index (κ1) is 26.2. The molecule has 0 unspecified atom stereocenters. The van der Waals surface area contributed by atoms with Gasteiger partial charge in [0.25, 0.3) is 0 Å². The maximum Gasteiger partial charge on any atom is 0.191 e. The van der Waals surface area contributed by atoms with E-state index < -0.39 is 0 Å². The molecule has 0 atom stereocenters. The number of halogens is 1. The summed E-state index contributed by atoms with van der Waals surface area (Å²) >= 11 is 0. The van der Waals surface area contributed by atoms with E-state index in [-0.39, 0.29) is 24.0 Å². The molecule has 0 aliphatic rings. The fraction of sp³-hybridized carbons (Fsp3) is 0.435. The van der Waals surface area contributed by atoms with Crippen LogP contribution in [0.15, 0.2) is 59.6 Å². The minimum Gasteiger partial charge on any atom is -0.489 e. The third-order valence-electron chi connectivity index (χ3n) is 4.20. The summed E-state index contributed by atoms with van der Waals surface area (Å²) in [6.45, 7) is 6.76. The van der Waals surface area contributed by atoms with E-state index in [2.05, 4.69) is 29.7 Å². The van der Waals surface area contributed by atoms with Crippen molar-refractivity contribution in [2.45, 2.75) is 26.5 Å². The lowest BCUT2D eigenvalue weighted by atomic mass is 10.1. The maximum absolute atomic E-state index is 5.90. The van der Waals surface area contributed by atoms with Crippen LogP contribution in [-0.2, 0) is 22.6 Å². The fourth-order valence-electron chi connectivity index (χ4n) is 2.66. The average Bonchev–Trinajstić information content (AvgIpc) is 2.76. The predicted molar refractivity (Wildman–Crippen MR) is 133 cm³/mol. The third-order valence-corrected chi connectivity index (χ3v) is 4.20. The molecule has 0 saturated carbocycles. The monoisotopic (exact) mass is 527 g/mol. The molecule has 166 valence electrons. The van der Waals surface area contributed by atoms with Crippen LogP contribution in [-0.4, -0.2) is 46.0 Å². The molecule has 2 aromatic carbocycles. The summed E-state index contributed by atoms with van der Waals surface area (Å²) in [5.41, 5.74) is 2.30. The normalized spacial score (nSPS) is 10.9. The van der Waals surface area contributed by atoms with E-state index in [1.165, 1.54) is 0 Å². The van der Waals surface area contributed by atoms with Gasteiger partial charge in [-0.1, -0.05) is 42.5 Å². The average molecular weight is 527 g/mol. The molecule has 2 rings (SSSR count). The number of guanidine groups is 1. The van der Waals surface area contributed by atoms with Gasteiger partial charge in [0.15, 0.2) is 5.96 Å². The van der Waals surface area contributed by atoms with Gasteiger partial charge >= 0.3 is 0 Å². The van der Waals surface area contributed by atoms with Crippen LogP contribution in [0.1, 0.15) is 24.5 Å². The van der Waals surface area contributed by atoms with Crippen LogP contribution in [0.25, 0.3) is 0 Å². The Morgan fingerprint density at radius 2 is 1.63 bits per heavy atom. The van der Waals surface area contributed by atoms with Crippen molar-refractivity contribution < 1.29 is 14.2 Å². The van der Waals surface area contributed by atoms with Crippen molar-refractivity contribution in [3.63, 3.8) is 0 Å². The summed E-state index contributed by atoms with van der Waals surface area (Å²) < 4.78 is 16.4. The molecule has 6 nitrogen and oxygen atoms in total. The summed E-state index contributed by atoms with van der Waals surface area (Å²) in [5.74, 6) is 1.68. The summed E-state index contributed by atoms with van der Waals surface area (Å²) in [6, 6.07) is 18.1. The number of nitrogens with zero attached hydrogens (tertiary/aromatic N) is 1. The molecule has 0 saturated heterocycles. The SMILES string of the molecule is CCNC(=NCc1ccccc1COc1ccccc1)NCCCOCCOC.I. The Hall–Kier alpha value is -1.84. The van der Waals surface area contributed by atoms with Gasteiger partial charge in [0.05, 0.1) is 19.8 Å². The van der Waals surface area contributed by atoms with E-state index in [0.29, 0.717) is 33.0 Å². The largest absolute Gasteiger partial charge is 0.489 e. The van der Waals surface area contributed by atoms with Gasteiger partial charge in [-0.3, -0.25) is 0 Å². The molecule has 0 bridgehead atoms. The van der Waals surface area contributed by atoms with E-state index in [1.807, 2.05) is 42.5 Å². The van der Waals surface area contributed by atoms with Crippen LogP contribution >= 0.6 is 24.0 Å². The molecule has 0 radical (unpaired) electrons. The quantitative estimate of drug-likeness (QED) is 0.179. The molecule has 0 spiro atoms. The Bertz CT molecular complexity index is 714. The molecule has 2 aromatic rings. The molecule has 0 heterocycles. The van der Waals surface area contributed by atoms with Crippen molar-refractivity contribution in [1.29, 1.82) is 0 Å². The molecule has 0 amide bonds. The number of benzene rings is 2. The number of nitrogens with one attached hydrogen (secondary N) is 2. The zero-order chi connectivity index (χ0) is 20.6. The lowest BCUT2D eigenvalue weighted by Gasteiger charge is -2.13. The molecular weight excluding hydrogens is 493 g/mol. The highest BCUT2D eigenvalue weighted by Gasteiger charge is 2.04. The number of methoxy groups -OCH3 is 1. The molecule has 7 heteroatoms. The van der Waals surface area contributed by atoms with E-state index in [1.54, 1.807) is 7.11 Å². The molecule has 0 aliphatic heterocycles. The van der Waals surface area contributed by atoms with Crippen LogP contribution in [0.5, 0.6) is 5.75 Å². The minimum absolute atomic E-state index is 0. The first-order valence-corrected chi connectivity index (χ1v) is 10.2. The second-order valence-electron chi connectivity index (χ2n) is 6.45. The smallest absolute Gasteiger partial charge is 0.191 e. The van der Waals surface area contributed by atoms with Crippen LogP contribution in [0.3, 0.4) is 0 Å². The topological polar surface area (TPSA) is 64.1 Å². The molecule has 30 heavy (non-hydrogen) atoms. The van der Waals surface area contributed by atoms with Crippen LogP contribution in [0.4, 0.5) is 0 Å². The van der Waals surface area contributed by atoms with Gasteiger partial charge in [-0.2, -0.15) is 0 Å². The summed E-state index contributed by atoms with van der Waals surface area (Å²) in [7, 11) is 1.68. The molecule has 0 aromatic heterocycles. The lowest BCUT2D eigenvalue weighted by Crippen LogP contribution is -2.38. The molecule has 0 aliphatic carbocycles. The van der Waals surface area contributed by atoms with Crippen molar-refractivity contribution in [3.8, 4) is 5.75 Å². The Kier molecular flexibility index (Phi) is 14.8. The highest BCUT2D eigenvalue weighted by atomic mass is 127. The van der Waals surface area contributed by atoms with Gasteiger partial charge in [-0.25, -0.2) is 4.99 Å². The fourth-order valence-corrected chi connectivity index (χ4v) is 2.66. The Morgan fingerprint density at radius 1 is 0.900 bits per heavy atom. The molecule has 2 N–H and O–H groups in total. The Balaban J connectivity index is 0.00000450. The predicted octanol–water partition coefficient (Wildman–Crippen LogP) is 3.99. The van der Waals surface area contributed by atoms with Crippen molar-refractivity contribution in [2.24, 2.45) is 4.99 Å². The number of ether oxygens (including phenoxy) is 3. The number of para-hydroxylation sites is 1. The van der Waals surface area contributed by atoms with E-state index in [0.717, 1.165) is 42.3 Å². The Morgan fingerprint density at radius 3 is 2.37 bits per heavy atom. The maximum atomic E-state index is 5.90. The van der Waals surface area contributed by atoms with Gasteiger partial charge < -0.3 is 24.8 Å². The number of rotatable bonds is 13. The van der Waals surface area contributed by atoms with Crippen molar-refractivity contribution >= 4 is 29.9 Å². The minimum atomic E-state index is 0. The highest BCUT2D eigenvalue weighted by molar-refractivity contribution is 14.0. The van der Waals surface area contributed by atoms with E-state index in [4.69, 9.17) is 19.2 Å². The first-order valence-electron chi connectivity index (χ1n) is 10.2.